The van der Waals surface area contributed by atoms with Crippen molar-refractivity contribution in [2.24, 2.45) is 0 Å². The van der Waals surface area contributed by atoms with Crippen LogP contribution in [0.2, 0.25) is 0 Å². The van der Waals surface area contributed by atoms with Gasteiger partial charge in [-0.3, -0.25) is 4.79 Å². The average molecular weight is 427 g/mol. The lowest BCUT2D eigenvalue weighted by Crippen LogP contribution is -2.19. The van der Waals surface area contributed by atoms with E-state index in [1.807, 2.05) is 24.5 Å². The van der Waals surface area contributed by atoms with E-state index in [4.69, 9.17) is 5.11 Å². The van der Waals surface area contributed by atoms with Crippen molar-refractivity contribution < 1.29 is 29.6 Å². The molecule has 0 saturated heterocycles. The van der Waals surface area contributed by atoms with Crippen LogP contribution in [0.4, 0.5) is 4.39 Å². The van der Waals surface area contributed by atoms with E-state index in [9.17, 15) is 24.5 Å². The second kappa shape index (κ2) is 9.32. The standard InChI is InChI=1S/C24H26FNO5/c1-14(2)26-21-9-7-18(28)12-20(21)24(15-3-5-16(25)6-4-15)22(26)10-8-17(27)11-19(29)13-23(30)31/h3-10,12,14,17,19,27-29H,11,13H2,1-2H3,(H,30,31)/b10-8+/t17-,19-/m0/s1. The maximum absolute atomic E-state index is 13.5. The minimum Gasteiger partial charge on any atom is -0.508 e. The summed E-state index contributed by atoms with van der Waals surface area (Å²) in [5.41, 5.74) is 3.13. The van der Waals surface area contributed by atoms with Crippen LogP contribution in [-0.2, 0) is 4.79 Å². The number of carbonyl (C=O) groups is 1. The Morgan fingerprint density at radius 3 is 2.42 bits per heavy atom. The van der Waals surface area contributed by atoms with Gasteiger partial charge in [0.25, 0.3) is 0 Å². The Hall–Kier alpha value is -3.16. The van der Waals surface area contributed by atoms with Crippen LogP contribution in [0.3, 0.4) is 0 Å². The number of benzene rings is 2. The molecule has 3 rings (SSSR count). The quantitative estimate of drug-likeness (QED) is 0.428. The highest BCUT2D eigenvalue weighted by molar-refractivity contribution is 6.01. The van der Waals surface area contributed by atoms with E-state index in [0.717, 1.165) is 27.7 Å². The largest absolute Gasteiger partial charge is 0.508 e. The number of halogens is 1. The number of phenolic OH excluding ortho intramolecular Hbond substituents is 1. The molecule has 0 saturated carbocycles. The minimum absolute atomic E-state index is 0.0376. The van der Waals surface area contributed by atoms with Crippen LogP contribution in [-0.4, -0.2) is 43.2 Å². The number of aliphatic carboxylic acids is 1. The number of carboxylic acid groups (broad SMARTS) is 1. The van der Waals surface area contributed by atoms with Crippen LogP contribution >= 0.6 is 0 Å². The van der Waals surface area contributed by atoms with Crippen molar-refractivity contribution in [3.8, 4) is 16.9 Å². The summed E-state index contributed by atoms with van der Waals surface area (Å²) in [6, 6.07) is 11.1. The van der Waals surface area contributed by atoms with E-state index < -0.39 is 24.6 Å². The lowest BCUT2D eigenvalue weighted by molar-refractivity contribution is -0.139. The predicted molar refractivity (Wildman–Crippen MR) is 117 cm³/mol. The molecule has 0 aliphatic heterocycles. The van der Waals surface area contributed by atoms with E-state index in [1.165, 1.54) is 18.2 Å². The van der Waals surface area contributed by atoms with Gasteiger partial charge in [0.15, 0.2) is 0 Å². The molecular weight excluding hydrogens is 401 g/mol. The number of aromatic nitrogens is 1. The van der Waals surface area contributed by atoms with Gasteiger partial charge in [0.1, 0.15) is 11.6 Å². The van der Waals surface area contributed by atoms with Crippen LogP contribution in [0, 0.1) is 5.82 Å². The number of hydrogen-bond donors (Lipinski definition) is 4. The molecular formula is C24H26FNO5. The summed E-state index contributed by atoms with van der Waals surface area (Å²) in [4.78, 5) is 10.7. The number of rotatable bonds is 8. The van der Waals surface area contributed by atoms with E-state index in [1.54, 1.807) is 30.3 Å². The lowest BCUT2D eigenvalue weighted by Gasteiger charge is -2.15. The summed E-state index contributed by atoms with van der Waals surface area (Å²) in [5, 5.41) is 39.7. The fraction of sp³-hybridized carbons (Fsp3) is 0.292. The van der Waals surface area contributed by atoms with Gasteiger partial charge in [0.05, 0.1) is 18.6 Å². The predicted octanol–water partition coefficient (Wildman–Crippen LogP) is 4.33. The molecule has 0 aliphatic rings. The molecule has 0 spiro atoms. The first kappa shape index (κ1) is 22.5. The molecule has 0 unspecified atom stereocenters. The second-order valence-electron chi connectivity index (χ2n) is 7.85. The first-order valence-corrected chi connectivity index (χ1v) is 10.1. The van der Waals surface area contributed by atoms with E-state index in [2.05, 4.69) is 0 Å². The van der Waals surface area contributed by atoms with Crippen LogP contribution in [0.1, 0.15) is 38.4 Å². The number of aliphatic hydroxyl groups excluding tert-OH is 2. The molecule has 7 heteroatoms. The van der Waals surface area contributed by atoms with Crippen molar-refractivity contribution in [2.75, 3.05) is 0 Å². The first-order chi connectivity index (χ1) is 14.7. The molecule has 0 fully saturated rings. The summed E-state index contributed by atoms with van der Waals surface area (Å²) in [6.07, 6.45) is 0.442. The normalized spacial score (nSPS) is 13.9. The Morgan fingerprint density at radius 2 is 1.81 bits per heavy atom. The van der Waals surface area contributed by atoms with Crippen molar-refractivity contribution in [1.29, 1.82) is 0 Å². The molecule has 164 valence electrons. The van der Waals surface area contributed by atoms with Gasteiger partial charge in [-0.15, -0.1) is 0 Å². The van der Waals surface area contributed by atoms with Gasteiger partial charge in [0.2, 0.25) is 0 Å². The number of phenols is 1. The molecule has 0 radical (unpaired) electrons. The Bertz CT molecular complexity index is 1100. The zero-order valence-corrected chi connectivity index (χ0v) is 17.4. The monoisotopic (exact) mass is 427 g/mol. The Kier molecular flexibility index (Phi) is 6.77. The molecule has 6 nitrogen and oxygen atoms in total. The number of aromatic hydroxyl groups is 1. The second-order valence-corrected chi connectivity index (χ2v) is 7.85. The van der Waals surface area contributed by atoms with Gasteiger partial charge in [-0.2, -0.15) is 0 Å². The van der Waals surface area contributed by atoms with Crippen molar-refractivity contribution in [3.05, 3.63) is 60.1 Å². The molecule has 2 atom stereocenters. The van der Waals surface area contributed by atoms with Gasteiger partial charge in [0, 0.05) is 34.6 Å². The van der Waals surface area contributed by atoms with Crippen LogP contribution in [0.15, 0.2) is 48.5 Å². The summed E-state index contributed by atoms with van der Waals surface area (Å²) in [7, 11) is 0. The number of carboxylic acids is 1. The maximum Gasteiger partial charge on any atom is 0.305 e. The average Bonchev–Trinajstić information content (AvgIpc) is 2.99. The summed E-state index contributed by atoms with van der Waals surface area (Å²) in [5.74, 6) is -1.40. The van der Waals surface area contributed by atoms with Crippen LogP contribution in [0.25, 0.3) is 28.1 Å². The van der Waals surface area contributed by atoms with Gasteiger partial charge < -0.3 is 25.0 Å². The molecule has 31 heavy (non-hydrogen) atoms. The smallest absolute Gasteiger partial charge is 0.305 e. The Balaban J connectivity index is 2.12. The number of fused-ring (bicyclic) bond motifs is 1. The van der Waals surface area contributed by atoms with E-state index in [0.29, 0.717) is 0 Å². The number of nitrogens with zero attached hydrogens (tertiary/aromatic N) is 1. The highest BCUT2D eigenvalue weighted by Gasteiger charge is 2.20. The maximum atomic E-state index is 13.5. The highest BCUT2D eigenvalue weighted by Crippen LogP contribution is 2.39. The lowest BCUT2D eigenvalue weighted by atomic mass is 10.0. The minimum atomic E-state index is -1.17. The third-order valence-corrected chi connectivity index (χ3v) is 5.07. The Morgan fingerprint density at radius 1 is 1.13 bits per heavy atom. The molecule has 0 aliphatic carbocycles. The van der Waals surface area contributed by atoms with Crippen LogP contribution in [0.5, 0.6) is 5.75 Å². The summed E-state index contributed by atoms with van der Waals surface area (Å²) < 4.78 is 15.6. The molecule has 4 N–H and O–H groups in total. The van der Waals surface area contributed by atoms with Gasteiger partial charge in [-0.05, 0) is 55.8 Å². The Labute approximate surface area is 179 Å². The molecule has 2 aromatic carbocycles. The summed E-state index contributed by atoms with van der Waals surface area (Å²) in [6.45, 7) is 4.01. The fourth-order valence-corrected chi connectivity index (χ4v) is 3.81. The molecule has 1 heterocycles. The molecule has 3 aromatic rings. The van der Waals surface area contributed by atoms with Crippen molar-refractivity contribution >= 4 is 22.9 Å². The number of aliphatic hydroxyl groups is 2. The molecule has 0 amide bonds. The third kappa shape index (κ3) is 5.13. The van der Waals surface area contributed by atoms with Crippen molar-refractivity contribution in [3.63, 3.8) is 0 Å². The van der Waals surface area contributed by atoms with Gasteiger partial charge >= 0.3 is 5.97 Å². The zero-order valence-electron chi connectivity index (χ0n) is 17.4. The summed E-state index contributed by atoms with van der Waals surface area (Å²) >= 11 is 0. The highest BCUT2D eigenvalue weighted by atomic mass is 19.1. The van der Waals surface area contributed by atoms with Crippen molar-refractivity contribution in [1.82, 2.24) is 4.57 Å². The van der Waals surface area contributed by atoms with Crippen molar-refractivity contribution in [2.45, 2.75) is 44.9 Å². The number of hydrogen-bond acceptors (Lipinski definition) is 4. The first-order valence-electron chi connectivity index (χ1n) is 10.1. The fourth-order valence-electron chi connectivity index (χ4n) is 3.81. The molecule has 1 aromatic heterocycles. The topological polar surface area (TPSA) is 103 Å². The SMILES string of the molecule is CC(C)n1c(/C=C/[C@H](O)C[C@H](O)CC(=O)O)c(-c2ccc(F)cc2)c2cc(O)ccc21. The van der Waals surface area contributed by atoms with Gasteiger partial charge in [-0.25, -0.2) is 4.39 Å². The van der Waals surface area contributed by atoms with E-state index in [-0.39, 0.29) is 24.0 Å². The molecule has 0 bridgehead atoms. The van der Waals surface area contributed by atoms with Crippen LogP contribution < -0.4 is 0 Å². The zero-order chi connectivity index (χ0) is 22.7. The third-order valence-electron chi connectivity index (χ3n) is 5.07. The van der Waals surface area contributed by atoms with E-state index >= 15 is 0 Å². The van der Waals surface area contributed by atoms with Gasteiger partial charge in [-0.1, -0.05) is 18.2 Å².